The molecule has 4 saturated heterocycles. The Balaban J connectivity index is 0.000000192. The van der Waals surface area contributed by atoms with Crippen LogP contribution in [0.5, 0.6) is 0 Å². The van der Waals surface area contributed by atoms with Gasteiger partial charge in [-0.15, -0.1) is 0 Å². The minimum atomic E-state index is -0.399. The third kappa shape index (κ3) is 7.96. The van der Waals surface area contributed by atoms with Crippen molar-refractivity contribution in [2.75, 3.05) is 27.2 Å². The molecule has 4 heterocycles. The number of aryl methyl sites for hydroxylation is 1. The number of halogens is 1. The SMILES string of the molecule is C/C=C(\C(F)=C(C)C)c1cccc([C@@H]2CC[C@]3(CCN(C)C3=O)N2)c1.CC.CCc1cccc(-c2cccc([C@@H]3CC[C@]4(CCN(C)C4=O)N3)c2)c1. The highest BCUT2D eigenvalue weighted by atomic mass is 19.1. The van der Waals surface area contributed by atoms with E-state index in [1.807, 2.05) is 62.9 Å². The molecule has 0 aliphatic carbocycles. The molecule has 2 amide bonds. The summed E-state index contributed by atoms with van der Waals surface area (Å²) in [6.45, 7) is 13.3. The van der Waals surface area contributed by atoms with Gasteiger partial charge in [0.05, 0.1) is 0 Å². The first-order valence-corrected chi connectivity index (χ1v) is 19.3. The van der Waals surface area contributed by atoms with E-state index in [9.17, 15) is 14.0 Å². The molecule has 278 valence electrons. The van der Waals surface area contributed by atoms with Crippen LogP contribution in [0.3, 0.4) is 0 Å². The van der Waals surface area contributed by atoms with Crippen LogP contribution in [0.15, 0.2) is 90.3 Å². The maximum atomic E-state index is 14.5. The predicted octanol–water partition coefficient (Wildman–Crippen LogP) is 9.35. The van der Waals surface area contributed by atoms with Crippen molar-refractivity contribution in [1.29, 1.82) is 0 Å². The van der Waals surface area contributed by atoms with Crippen molar-refractivity contribution in [1.82, 2.24) is 20.4 Å². The van der Waals surface area contributed by atoms with Crippen LogP contribution in [0, 0.1) is 0 Å². The van der Waals surface area contributed by atoms with E-state index in [4.69, 9.17) is 0 Å². The molecule has 4 atom stereocenters. The summed E-state index contributed by atoms with van der Waals surface area (Å²) in [5.74, 6) is 0.306. The van der Waals surface area contributed by atoms with Crippen molar-refractivity contribution in [2.45, 2.75) is 110 Å². The van der Waals surface area contributed by atoms with Gasteiger partial charge in [-0.25, -0.2) is 4.39 Å². The normalized spacial score (nSPS) is 25.4. The first kappa shape index (κ1) is 39.1. The summed E-state index contributed by atoms with van der Waals surface area (Å²) in [5.41, 5.74) is 7.77. The van der Waals surface area contributed by atoms with E-state index < -0.39 is 5.54 Å². The summed E-state index contributed by atoms with van der Waals surface area (Å²) in [7, 11) is 3.78. The molecule has 0 radical (unpaired) electrons. The minimum Gasteiger partial charge on any atom is -0.344 e. The number of hydrogen-bond acceptors (Lipinski definition) is 4. The summed E-state index contributed by atoms with van der Waals surface area (Å²) in [6, 6.07) is 26.0. The van der Waals surface area contributed by atoms with Gasteiger partial charge in [0, 0.05) is 44.8 Å². The van der Waals surface area contributed by atoms with Crippen molar-refractivity contribution in [3.05, 3.63) is 113 Å². The standard InChI is InChI=1S/C22H26N2O.C21H27FN2O.C2H6/c1-3-16-6-4-7-17(14-16)18-8-5-9-19(15-18)20-10-11-22(23-20)12-13-24(2)21(22)25;1-5-17(19(22)14(2)3)15-7-6-8-16(13-15)18-9-10-21(23-18)11-12-24(4)20(21)25;1-2/h4-9,14-15,20,23H,3,10-13H2,1-2H3;5-8,13,18,23H,9-12H2,1-4H3;1-2H3/b;17-5-;/t20-,22+;18-,21+;/m00./s1. The second-order valence-corrected chi connectivity index (χ2v) is 14.9. The third-order valence-electron chi connectivity index (χ3n) is 11.4. The Morgan fingerprint density at radius 3 is 1.75 bits per heavy atom. The van der Waals surface area contributed by atoms with Gasteiger partial charge in [-0.2, -0.15) is 0 Å². The number of likely N-dealkylation sites (tertiary alicyclic amines) is 2. The molecule has 4 fully saturated rings. The van der Waals surface area contributed by atoms with E-state index in [1.165, 1.54) is 22.3 Å². The molecule has 4 aliphatic heterocycles. The number of rotatable bonds is 6. The van der Waals surface area contributed by atoms with E-state index in [0.717, 1.165) is 69.2 Å². The van der Waals surface area contributed by atoms with Gasteiger partial charge in [-0.1, -0.05) is 87.5 Å². The fourth-order valence-electron chi connectivity index (χ4n) is 8.35. The number of carbonyl (C=O) groups is 2. The van der Waals surface area contributed by atoms with Crippen molar-refractivity contribution < 1.29 is 14.0 Å². The third-order valence-corrected chi connectivity index (χ3v) is 11.4. The maximum Gasteiger partial charge on any atom is 0.242 e. The molecule has 0 unspecified atom stereocenters. The second-order valence-electron chi connectivity index (χ2n) is 14.9. The van der Waals surface area contributed by atoms with Crippen molar-refractivity contribution in [3.8, 4) is 11.1 Å². The average molecular weight is 707 g/mol. The van der Waals surface area contributed by atoms with Crippen molar-refractivity contribution >= 4 is 17.4 Å². The smallest absolute Gasteiger partial charge is 0.242 e. The van der Waals surface area contributed by atoms with Gasteiger partial charge in [0.25, 0.3) is 0 Å². The molecule has 4 aliphatic rings. The molecular formula is C45H59FN4O2. The zero-order valence-corrected chi connectivity index (χ0v) is 32.6. The highest BCUT2D eigenvalue weighted by Crippen LogP contribution is 2.41. The van der Waals surface area contributed by atoms with Crippen molar-refractivity contribution in [3.63, 3.8) is 0 Å². The first-order valence-electron chi connectivity index (χ1n) is 19.3. The zero-order valence-electron chi connectivity index (χ0n) is 32.6. The lowest BCUT2D eigenvalue weighted by Gasteiger charge is -2.23. The van der Waals surface area contributed by atoms with Gasteiger partial charge in [0.1, 0.15) is 16.9 Å². The Kier molecular flexibility index (Phi) is 12.6. The summed E-state index contributed by atoms with van der Waals surface area (Å²) < 4.78 is 14.5. The molecule has 3 aromatic rings. The number of nitrogens with zero attached hydrogens (tertiary/aromatic N) is 2. The van der Waals surface area contributed by atoms with E-state index in [2.05, 4.69) is 78.2 Å². The molecule has 2 spiro atoms. The number of benzene rings is 3. The van der Waals surface area contributed by atoms with Gasteiger partial charge >= 0.3 is 0 Å². The van der Waals surface area contributed by atoms with Crippen LogP contribution in [0.2, 0.25) is 0 Å². The Labute approximate surface area is 311 Å². The number of allylic oxidation sites excluding steroid dienone is 4. The van der Waals surface area contributed by atoms with E-state index in [1.54, 1.807) is 13.8 Å². The van der Waals surface area contributed by atoms with Crippen LogP contribution in [0.4, 0.5) is 4.39 Å². The molecule has 0 bridgehead atoms. The lowest BCUT2D eigenvalue weighted by Crippen LogP contribution is -2.47. The molecular weight excluding hydrogens is 648 g/mol. The molecule has 6 nitrogen and oxygen atoms in total. The van der Waals surface area contributed by atoms with Crippen LogP contribution in [-0.2, 0) is 16.0 Å². The van der Waals surface area contributed by atoms with Crippen LogP contribution in [-0.4, -0.2) is 59.9 Å². The van der Waals surface area contributed by atoms with Crippen molar-refractivity contribution in [2.24, 2.45) is 0 Å². The van der Waals surface area contributed by atoms with E-state index >= 15 is 0 Å². The summed E-state index contributed by atoms with van der Waals surface area (Å²) in [5, 5.41) is 7.26. The molecule has 3 aromatic carbocycles. The van der Waals surface area contributed by atoms with Crippen LogP contribution in [0.25, 0.3) is 16.7 Å². The van der Waals surface area contributed by atoms with Crippen LogP contribution in [0.1, 0.15) is 114 Å². The highest BCUT2D eigenvalue weighted by molar-refractivity contribution is 5.89. The number of likely N-dealkylation sites (N-methyl/N-ethyl adjacent to an activating group) is 2. The summed E-state index contributed by atoms with van der Waals surface area (Å²) in [6.07, 6.45) is 8.43. The predicted molar refractivity (Wildman–Crippen MR) is 212 cm³/mol. The maximum absolute atomic E-state index is 14.5. The molecule has 0 aromatic heterocycles. The Morgan fingerprint density at radius 2 is 1.27 bits per heavy atom. The second kappa shape index (κ2) is 16.7. The number of nitrogens with one attached hydrogen (secondary N) is 2. The Bertz CT molecular complexity index is 1810. The molecule has 52 heavy (non-hydrogen) atoms. The number of carbonyl (C=O) groups excluding carboxylic acids is 2. The Morgan fingerprint density at radius 1 is 0.769 bits per heavy atom. The topological polar surface area (TPSA) is 64.7 Å². The largest absolute Gasteiger partial charge is 0.344 e. The lowest BCUT2D eigenvalue weighted by molar-refractivity contribution is -0.132. The molecule has 0 saturated carbocycles. The summed E-state index contributed by atoms with van der Waals surface area (Å²) >= 11 is 0. The molecule has 2 N–H and O–H groups in total. The Hall–Kier alpha value is -4.07. The molecule has 7 heteroatoms. The lowest BCUT2D eigenvalue weighted by atomic mass is 9.95. The number of hydrogen-bond donors (Lipinski definition) is 2. The highest BCUT2D eigenvalue weighted by Gasteiger charge is 2.51. The quantitative estimate of drug-likeness (QED) is 0.251. The molecule has 7 rings (SSSR count). The average Bonchev–Trinajstić information content (AvgIpc) is 3.95. The first-order chi connectivity index (χ1) is 25.0. The number of amides is 2. The van der Waals surface area contributed by atoms with E-state index in [0.29, 0.717) is 11.1 Å². The summed E-state index contributed by atoms with van der Waals surface area (Å²) in [4.78, 5) is 28.7. The van der Waals surface area contributed by atoms with Gasteiger partial charge in [-0.3, -0.25) is 20.2 Å². The van der Waals surface area contributed by atoms with E-state index in [-0.39, 0.29) is 35.3 Å². The van der Waals surface area contributed by atoms with Gasteiger partial charge < -0.3 is 9.80 Å². The minimum absolute atomic E-state index is 0.142. The monoisotopic (exact) mass is 706 g/mol. The van der Waals surface area contributed by atoms with Crippen LogP contribution >= 0.6 is 0 Å². The van der Waals surface area contributed by atoms with Gasteiger partial charge in [0.2, 0.25) is 11.8 Å². The fourth-order valence-corrected chi connectivity index (χ4v) is 8.35. The van der Waals surface area contributed by atoms with Gasteiger partial charge in [-0.05, 0) is 117 Å². The van der Waals surface area contributed by atoms with Crippen LogP contribution < -0.4 is 10.6 Å². The van der Waals surface area contributed by atoms with Gasteiger partial charge in [0.15, 0.2) is 0 Å². The fraction of sp³-hybridized carbons (Fsp3) is 0.467. The zero-order chi connectivity index (χ0) is 37.6.